The van der Waals surface area contributed by atoms with E-state index in [4.69, 9.17) is 14.2 Å². The number of ether oxygens (including phenoxy) is 3. The number of H-pyrrole nitrogens is 1. The molecule has 0 unspecified atom stereocenters. The van der Waals surface area contributed by atoms with Crippen LogP contribution in [-0.4, -0.2) is 41.7 Å². The highest BCUT2D eigenvalue weighted by atomic mass is 79.9. The second-order valence-corrected chi connectivity index (χ2v) is 6.66. The van der Waals surface area contributed by atoms with E-state index in [1.165, 1.54) is 5.56 Å². The SMILES string of the molecule is CCOC(=O)c1n[nH]nc1-c1cc(OC)c(OCCc2ccccc2)cc1Br. The number of benzene rings is 2. The summed E-state index contributed by atoms with van der Waals surface area (Å²) in [6.07, 6.45) is 0.777. The number of hydrogen-bond acceptors (Lipinski definition) is 6. The Bertz CT molecular complexity index is 944. The average molecular weight is 446 g/mol. The maximum Gasteiger partial charge on any atom is 0.361 e. The fourth-order valence-electron chi connectivity index (χ4n) is 2.67. The van der Waals surface area contributed by atoms with E-state index in [9.17, 15) is 4.79 Å². The first-order valence-corrected chi connectivity index (χ1v) is 9.55. The molecular formula is C20H20BrN3O4. The van der Waals surface area contributed by atoms with Crippen molar-refractivity contribution in [3.05, 3.63) is 58.2 Å². The lowest BCUT2D eigenvalue weighted by atomic mass is 10.1. The molecule has 1 N–H and O–H groups in total. The number of nitrogens with zero attached hydrogens (tertiary/aromatic N) is 2. The molecule has 0 fully saturated rings. The van der Waals surface area contributed by atoms with Crippen LogP contribution in [0.1, 0.15) is 23.0 Å². The summed E-state index contributed by atoms with van der Waals surface area (Å²) in [6.45, 7) is 2.49. The minimum absolute atomic E-state index is 0.113. The number of aromatic nitrogens is 3. The molecule has 1 heterocycles. The zero-order valence-electron chi connectivity index (χ0n) is 15.6. The van der Waals surface area contributed by atoms with E-state index in [2.05, 4.69) is 43.5 Å². The number of rotatable bonds is 8. The van der Waals surface area contributed by atoms with Gasteiger partial charge in [0.2, 0.25) is 0 Å². The summed E-state index contributed by atoms with van der Waals surface area (Å²) in [5.74, 6) is 0.583. The largest absolute Gasteiger partial charge is 0.493 e. The van der Waals surface area contributed by atoms with Crippen molar-refractivity contribution < 1.29 is 19.0 Å². The molecule has 2 aromatic carbocycles. The van der Waals surface area contributed by atoms with Crippen molar-refractivity contribution in [2.24, 2.45) is 0 Å². The molecule has 0 spiro atoms. The van der Waals surface area contributed by atoms with Gasteiger partial charge in [0.25, 0.3) is 0 Å². The quantitative estimate of drug-likeness (QED) is 0.526. The van der Waals surface area contributed by atoms with Gasteiger partial charge in [0, 0.05) is 16.5 Å². The molecule has 0 aliphatic heterocycles. The Hall–Kier alpha value is -2.87. The van der Waals surface area contributed by atoms with Gasteiger partial charge in [-0.25, -0.2) is 4.79 Å². The third kappa shape index (κ3) is 4.51. The Morgan fingerprint density at radius 2 is 1.93 bits per heavy atom. The molecule has 28 heavy (non-hydrogen) atoms. The third-order valence-electron chi connectivity index (χ3n) is 4.02. The molecule has 146 valence electrons. The second-order valence-electron chi connectivity index (χ2n) is 5.81. The monoisotopic (exact) mass is 445 g/mol. The number of esters is 1. The molecule has 0 saturated carbocycles. The summed E-state index contributed by atoms with van der Waals surface area (Å²) in [7, 11) is 1.56. The molecule has 0 aliphatic rings. The van der Waals surface area contributed by atoms with Crippen molar-refractivity contribution in [2.75, 3.05) is 20.3 Å². The first-order chi connectivity index (χ1) is 13.6. The lowest BCUT2D eigenvalue weighted by molar-refractivity contribution is 0.0520. The Morgan fingerprint density at radius 1 is 1.14 bits per heavy atom. The predicted octanol–water partition coefficient (Wildman–Crippen LogP) is 4.04. The third-order valence-corrected chi connectivity index (χ3v) is 4.67. The van der Waals surface area contributed by atoms with E-state index in [1.54, 1.807) is 26.2 Å². The van der Waals surface area contributed by atoms with Gasteiger partial charge in [-0.3, -0.25) is 0 Å². The molecule has 0 radical (unpaired) electrons. The van der Waals surface area contributed by atoms with Crippen molar-refractivity contribution >= 4 is 21.9 Å². The van der Waals surface area contributed by atoms with Crippen LogP contribution in [0, 0.1) is 0 Å². The van der Waals surface area contributed by atoms with Crippen LogP contribution in [0.3, 0.4) is 0 Å². The van der Waals surface area contributed by atoms with Gasteiger partial charge in [-0.1, -0.05) is 30.3 Å². The molecule has 0 atom stereocenters. The Morgan fingerprint density at radius 3 is 2.64 bits per heavy atom. The van der Waals surface area contributed by atoms with Crippen molar-refractivity contribution in [3.8, 4) is 22.8 Å². The summed E-state index contributed by atoms with van der Waals surface area (Å²) in [5, 5.41) is 10.5. The summed E-state index contributed by atoms with van der Waals surface area (Å²) in [4.78, 5) is 12.1. The minimum atomic E-state index is -0.541. The highest BCUT2D eigenvalue weighted by Crippen LogP contribution is 2.38. The normalized spacial score (nSPS) is 10.5. The van der Waals surface area contributed by atoms with Gasteiger partial charge >= 0.3 is 5.97 Å². The first-order valence-electron chi connectivity index (χ1n) is 8.76. The standard InChI is InChI=1S/C20H20BrN3O4/c1-3-27-20(25)19-18(22-24-23-19)14-11-16(26-2)17(12-15(14)21)28-10-9-13-7-5-4-6-8-13/h4-8,11-12H,3,9-10H2,1-2H3,(H,22,23,24). The number of halogens is 1. The zero-order valence-corrected chi connectivity index (χ0v) is 17.2. The summed E-state index contributed by atoms with van der Waals surface area (Å²) in [6, 6.07) is 13.6. The molecule has 8 heteroatoms. The molecule has 0 aliphatic carbocycles. The topological polar surface area (TPSA) is 86.3 Å². The van der Waals surface area contributed by atoms with Gasteiger partial charge in [-0.15, -0.1) is 5.10 Å². The van der Waals surface area contributed by atoms with E-state index < -0.39 is 5.97 Å². The van der Waals surface area contributed by atoms with Gasteiger partial charge in [0.15, 0.2) is 17.2 Å². The number of methoxy groups -OCH3 is 1. The van der Waals surface area contributed by atoms with Crippen LogP contribution in [0.25, 0.3) is 11.3 Å². The van der Waals surface area contributed by atoms with Crippen LogP contribution in [-0.2, 0) is 11.2 Å². The van der Waals surface area contributed by atoms with E-state index in [1.807, 2.05) is 18.2 Å². The van der Waals surface area contributed by atoms with E-state index >= 15 is 0 Å². The lowest BCUT2D eigenvalue weighted by Crippen LogP contribution is -2.07. The molecule has 1 aromatic heterocycles. The molecule has 0 bridgehead atoms. The maximum atomic E-state index is 12.1. The molecule has 3 rings (SSSR count). The Labute approximate surface area is 171 Å². The molecular weight excluding hydrogens is 426 g/mol. The van der Waals surface area contributed by atoms with Gasteiger partial charge in [-0.05, 0) is 40.5 Å². The van der Waals surface area contributed by atoms with Gasteiger partial charge in [0.05, 0.1) is 20.3 Å². The Kier molecular flexibility index (Phi) is 6.65. The lowest BCUT2D eigenvalue weighted by Gasteiger charge is -2.13. The number of carbonyl (C=O) groups is 1. The van der Waals surface area contributed by atoms with Crippen molar-refractivity contribution in [1.82, 2.24) is 15.4 Å². The minimum Gasteiger partial charge on any atom is -0.493 e. The average Bonchev–Trinajstić information content (AvgIpc) is 3.19. The van der Waals surface area contributed by atoms with E-state index in [0.29, 0.717) is 33.8 Å². The van der Waals surface area contributed by atoms with Crippen molar-refractivity contribution in [2.45, 2.75) is 13.3 Å². The van der Waals surface area contributed by atoms with Crippen LogP contribution in [0.5, 0.6) is 11.5 Å². The molecule has 3 aromatic rings. The maximum absolute atomic E-state index is 12.1. The van der Waals surface area contributed by atoms with Crippen LogP contribution in [0.4, 0.5) is 0 Å². The van der Waals surface area contributed by atoms with Crippen LogP contribution < -0.4 is 9.47 Å². The van der Waals surface area contributed by atoms with E-state index in [-0.39, 0.29) is 12.3 Å². The molecule has 0 saturated heterocycles. The number of nitrogens with one attached hydrogen (secondary N) is 1. The number of carbonyl (C=O) groups excluding carboxylic acids is 1. The van der Waals surface area contributed by atoms with Crippen LogP contribution in [0.15, 0.2) is 46.9 Å². The zero-order chi connectivity index (χ0) is 19.9. The Balaban J connectivity index is 1.82. The highest BCUT2D eigenvalue weighted by Gasteiger charge is 2.22. The number of hydrogen-bond donors (Lipinski definition) is 1. The molecule has 0 amide bonds. The van der Waals surface area contributed by atoms with Gasteiger partial charge < -0.3 is 14.2 Å². The van der Waals surface area contributed by atoms with Crippen molar-refractivity contribution in [1.29, 1.82) is 0 Å². The summed E-state index contributed by atoms with van der Waals surface area (Å²) in [5.41, 5.74) is 2.32. The predicted molar refractivity (Wildman–Crippen MR) is 108 cm³/mol. The first kappa shape index (κ1) is 19.9. The van der Waals surface area contributed by atoms with Gasteiger partial charge in [0.1, 0.15) is 5.69 Å². The summed E-state index contributed by atoms with van der Waals surface area (Å²) >= 11 is 3.52. The second kappa shape index (κ2) is 9.36. The summed E-state index contributed by atoms with van der Waals surface area (Å²) < 4.78 is 17.1. The highest BCUT2D eigenvalue weighted by molar-refractivity contribution is 9.10. The number of aromatic amines is 1. The fraction of sp³-hybridized carbons (Fsp3) is 0.250. The molecule has 7 nitrogen and oxygen atoms in total. The fourth-order valence-corrected chi connectivity index (χ4v) is 3.18. The van der Waals surface area contributed by atoms with Gasteiger partial charge in [-0.2, -0.15) is 10.3 Å². The van der Waals surface area contributed by atoms with E-state index in [0.717, 1.165) is 6.42 Å². The smallest absolute Gasteiger partial charge is 0.361 e. The van der Waals surface area contributed by atoms with Crippen LogP contribution >= 0.6 is 15.9 Å². The van der Waals surface area contributed by atoms with Crippen LogP contribution in [0.2, 0.25) is 0 Å². The van der Waals surface area contributed by atoms with Crippen molar-refractivity contribution in [3.63, 3.8) is 0 Å².